The first-order chi connectivity index (χ1) is 16.4. The Bertz CT molecular complexity index is 1300. The Morgan fingerprint density at radius 3 is 2.68 bits per heavy atom. The molecular formula is C26H28ClN5O2. The lowest BCUT2D eigenvalue weighted by molar-refractivity contribution is 0.0706. The quantitative estimate of drug-likeness (QED) is 0.384. The summed E-state index contributed by atoms with van der Waals surface area (Å²) >= 11 is 6.20. The predicted octanol–water partition coefficient (Wildman–Crippen LogP) is 5.05. The zero-order valence-corrected chi connectivity index (χ0v) is 20.5. The van der Waals surface area contributed by atoms with Crippen LogP contribution in [0.25, 0.3) is 22.0 Å². The monoisotopic (exact) mass is 477 g/mol. The van der Waals surface area contributed by atoms with Crippen LogP contribution < -0.4 is 4.74 Å². The fraction of sp³-hybridized carbons (Fsp3) is 0.269. The van der Waals surface area contributed by atoms with E-state index < -0.39 is 0 Å². The van der Waals surface area contributed by atoms with Gasteiger partial charge in [0.25, 0.3) is 5.91 Å². The molecule has 8 heteroatoms. The van der Waals surface area contributed by atoms with Crippen LogP contribution in [0.4, 0.5) is 0 Å². The molecule has 1 atom stereocenters. The second-order valence-corrected chi connectivity index (χ2v) is 8.85. The average Bonchev–Trinajstić information content (AvgIpc) is 3.31. The van der Waals surface area contributed by atoms with E-state index >= 15 is 0 Å². The molecule has 0 spiro atoms. The smallest absolute Gasteiger partial charge is 0.254 e. The molecule has 2 aromatic carbocycles. The summed E-state index contributed by atoms with van der Waals surface area (Å²) in [6.45, 7) is 3.03. The first-order valence-electron chi connectivity index (χ1n) is 11.1. The van der Waals surface area contributed by atoms with Crippen molar-refractivity contribution in [3.63, 3.8) is 0 Å². The van der Waals surface area contributed by atoms with Gasteiger partial charge in [-0.1, -0.05) is 23.7 Å². The maximum absolute atomic E-state index is 13.7. The third-order valence-corrected chi connectivity index (χ3v) is 5.97. The number of halogens is 1. The van der Waals surface area contributed by atoms with E-state index in [-0.39, 0.29) is 11.9 Å². The largest absolute Gasteiger partial charge is 0.493 e. The molecule has 0 aliphatic rings. The lowest BCUT2D eigenvalue weighted by Gasteiger charge is -2.31. The van der Waals surface area contributed by atoms with E-state index in [0.29, 0.717) is 29.5 Å². The first kappa shape index (κ1) is 23.7. The number of hydrogen-bond acceptors (Lipinski definition) is 5. The molecule has 0 saturated carbocycles. The Labute approximate surface area is 204 Å². The Balaban J connectivity index is 1.71. The number of H-pyrrole nitrogens is 1. The van der Waals surface area contributed by atoms with Crippen molar-refractivity contribution in [2.75, 3.05) is 34.3 Å². The Morgan fingerprint density at radius 2 is 1.94 bits per heavy atom. The number of amides is 1. The Morgan fingerprint density at radius 1 is 1.12 bits per heavy atom. The Hall–Kier alpha value is -3.42. The normalized spacial score (nSPS) is 12.2. The summed E-state index contributed by atoms with van der Waals surface area (Å²) in [6, 6.07) is 12.9. The number of aromatic nitrogens is 3. The highest BCUT2D eigenvalue weighted by atomic mass is 35.5. The van der Waals surface area contributed by atoms with E-state index in [9.17, 15) is 4.79 Å². The summed E-state index contributed by atoms with van der Waals surface area (Å²) in [5, 5.41) is 8.76. The Kier molecular flexibility index (Phi) is 7.14. The summed E-state index contributed by atoms with van der Waals surface area (Å²) in [5.74, 6) is 0.535. The van der Waals surface area contributed by atoms with Crippen molar-refractivity contribution >= 4 is 28.4 Å². The highest BCUT2D eigenvalue weighted by Crippen LogP contribution is 2.34. The van der Waals surface area contributed by atoms with Gasteiger partial charge in [0.05, 0.1) is 24.4 Å². The number of likely N-dealkylation sites (N-methyl/N-ethyl adjacent to an activating group) is 2. The zero-order chi connectivity index (χ0) is 24.2. The predicted molar refractivity (Wildman–Crippen MR) is 135 cm³/mol. The van der Waals surface area contributed by atoms with Crippen LogP contribution in [0.5, 0.6) is 5.75 Å². The van der Waals surface area contributed by atoms with E-state index in [1.54, 1.807) is 29.6 Å². The van der Waals surface area contributed by atoms with Gasteiger partial charge in [0.15, 0.2) is 0 Å². The molecule has 0 aliphatic heterocycles. The number of hydrogen-bond donors (Lipinski definition) is 1. The molecule has 0 bridgehead atoms. The number of nitrogens with zero attached hydrogens (tertiary/aromatic N) is 4. The van der Waals surface area contributed by atoms with Gasteiger partial charge in [0.1, 0.15) is 5.75 Å². The van der Waals surface area contributed by atoms with Crippen molar-refractivity contribution in [1.82, 2.24) is 25.0 Å². The van der Waals surface area contributed by atoms with Gasteiger partial charge >= 0.3 is 0 Å². The number of benzene rings is 2. The first-order valence-corrected chi connectivity index (χ1v) is 11.5. The lowest BCUT2D eigenvalue weighted by Crippen LogP contribution is -2.37. The molecule has 1 N–H and O–H groups in total. The van der Waals surface area contributed by atoms with E-state index in [1.165, 1.54) is 0 Å². The topological polar surface area (TPSA) is 74.3 Å². The number of aromatic amines is 1. The van der Waals surface area contributed by atoms with E-state index in [0.717, 1.165) is 27.6 Å². The van der Waals surface area contributed by atoms with E-state index in [4.69, 9.17) is 16.3 Å². The minimum atomic E-state index is -0.234. The van der Waals surface area contributed by atoms with Gasteiger partial charge in [-0.25, -0.2) is 0 Å². The SMILES string of the molecule is CCOc1cc(C(=O)N(C)[C@H](CN(C)C)c2cncc3cn[nH]c23)ccc1-c1cccc(Cl)c1. The van der Waals surface area contributed by atoms with Crippen LogP contribution in [0.2, 0.25) is 5.02 Å². The highest BCUT2D eigenvalue weighted by Gasteiger charge is 2.26. The summed E-state index contributed by atoms with van der Waals surface area (Å²) in [4.78, 5) is 21.8. The maximum Gasteiger partial charge on any atom is 0.254 e. The van der Waals surface area contributed by atoms with Gasteiger partial charge in [0.2, 0.25) is 0 Å². The second-order valence-electron chi connectivity index (χ2n) is 8.41. The second kappa shape index (κ2) is 10.2. The van der Waals surface area contributed by atoms with Crippen molar-refractivity contribution in [3.8, 4) is 16.9 Å². The van der Waals surface area contributed by atoms with Crippen LogP contribution in [-0.4, -0.2) is 65.2 Å². The molecule has 0 saturated heterocycles. The van der Waals surface area contributed by atoms with Crippen LogP contribution >= 0.6 is 11.6 Å². The van der Waals surface area contributed by atoms with Crippen molar-refractivity contribution in [2.24, 2.45) is 0 Å². The van der Waals surface area contributed by atoms with Gasteiger partial charge in [-0.15, -0.1) is 0 Å². The number of fused-ring (bicyclic) bond motifs is 1. The number of carbonyl (C=O) groups excluding carboxylic acids is 1. The summed E-state index contributed by atoms with van der Waals surface area (Å²) < 4.78 is 5.91. The fourth-order valence-corrected chi connectivity index (χ4v) is 4.28. The molecule has 2 heterocycles. The molecule has 0 fully saturated rings. The summed E-state index contributed by atoms with van der Waals surface area (Å²) in [7, 11) is 5.79. The zero-order valence-electron chi connectivity index (χ0n) is 19.7. The molecular weight excluding hydrogens is 450 g/mol. The average molecular weight is 478 g/mol. The van der Waals surface area contributed by atoms with Gasteiger partial charge in [-0.3, -0.25) is 14.9 Å². The number of nitrogens with one attached hydrogen (secondary N) is 1. The molecule has 4 aromatic rings. The van der Waals surface area contributed by atoms with E-state index in [1.807, 2.05) is 64.5 Å². The van der Waals surface area contributed by atoms with Gasteiger partial charge < -0.3 is 14.5 Å². The lowest BCUT2D eigenvalue weighted by atomic mass is 10.0. The molecule has 34 heavy (non-hydrogen) atoms. The van der Waals surface area contributed by atoms with E-state index in [2.05, 4.69) is 20.1 Å². The van der Waals surface area contributed by atoms with Crippen LogP contribution in [0.1, 0.15) is 28.9 Å². The molecule has 4 rings (SSSR count). The van der Waals surface area contributed by atoms with Crippen LogP contribution in [0, 0.1) is 0 Å². The minimum absolute atomic E-state index is 0.109. The van der Waals surface area contributed by atoms with Gasteiger partial charge in [-0.05, 0) is 56.9 Å². The third kappa shape index (κ3) is 4.90. The summed E-state index contributed by atoms with van der Waals surface area (Å²) in [6.07, 6.45) is 5.30. The van der Waals surface area contributed by atoms with Crippen LogP contribution in [0.3, 0.4) is 0 Å². The summed E-state index contributed by atoms with van der Waals surface area (Å²) in [5.41, 5.74) is 4.17. The van der Waals surface area contributed by atoms with Gasteiger partial charge in [0, 0.05) is 53.1 Å². The maximum atomic E-state index is 13.7. The van der Waals surface area contributed by atoms with Gasteiger partial charge in [-0.2, -0.15) is 5.10 Å². The molecule has 0 unspecified atom stereocenters. The standard InChI is InChI=1S/C26H28ClN5O2/c1-5-34-24-12-18(9-10-21(24)17-7-6-8-20(27)11-17)26(33)32(4)23(16-31(2)3)22-15-28-13-19-14-29-30-25(19)22/h6-15,23H,5,16H2,1-4H3,(H,29,30)/t23-/m1/s1. The third-order valence-electron chi connectivity index (χ3n) is 5.73. The number of carbonyl (C=O) groups is 1. The number of rotatable bonds is 8. The highest BCUT2D eigenvalue weighted by molar-refractivity contribution is 6.30. The van der Waals surface area contributed by atoms with Crippen molar-refractivity contribution in [3.05, 3.63) is 77.2 Å². The molecule has 0 radical (unpaired) electrons. The molecule has 7 nitrogen and oxygen atoms in total. The fourth-order valence-electron chi connectivity index (χ4n) is 4.08. The van der Waals surface area contributed by atoms with Crippen LogP contribution in [0.15, 0.2) is 61.1 Å². The van der Waals surface area contributed by atoms with Crippen LogP contribution in [-0.2, 0) is 0 Å². The minimum Gasteiger partial charge on any atom is -0.493 e. The van der Waals surface area contributed by atoms with Crippen molar-refractivity contribution in [1.29, 1.82) is 0 Å². The number of pyridine rings is 1. The molecule has 176 valence electrons. The molecule has 0 aliphatic carbocycles. The number of ether oxygens (including phenoxy) is 1. The van der Waals surface area contributed by atoms with Crippen molar-refractivity contribution < 1.29 is 9.53 Å². The van der Waals surface area contributed by atoms with Crippen molar-refractivity contribution in [2.45, 2.75) is 13.0 Å². The molecule has 1 amide bonds. The molecule has 2 aromatic heterocycles.